The SMILES string of the molecule is Cc1cc(Br)c(S(=O)(=O)N(CCBr)C2CC2)cc1Br. The molecule has 1 saturated carbocycles. The summed E-state index contributed by atoms with van der Waals surface area (Å²) in [5.74, 6) is 0. The lowest BCUT2D eigenvalue weighted by molar-refractivity contribution is 0.424. The van der Waals surface area contributed by atoms with Gasteiger partial charge >= 0.3 is 0 Å². The fourth-order valence-corrected chi connectivity index (χ4v) is 5.84. The molecule has 0 atom stereocenters. The maximum absolute atomic E-state index is 12.7. The fraction of sp³-hybridized carbons (Fsp3) is 0.500. The number of nitrogens with zero attached hydrogens (tertiary/aromatic N) is 1. The fourth-order valence-electron chi connectivity index (χ4n) is 1.90. The average Bonchev–Trinajstić information content (AvgIpc) is 3.14. The zero-order valence-electron chi connectivity index (χ0n) is 10.4. The van der Waals surface area contributed by atoms with Gasteiger partial charge < -0.3 is 0 Å². The minimum atomic E-state index is -3.44. The third-order valence-corrected chi connectivity index (χ3v) is 7.18. The molecule has 3 nitrogen and oxygen atoms in total. The summed E-state index contributed by atoms with van der Waals surface area (Å²) < 4.78 is 28.5. The molecule has 0 amide bonds. The molecular weight excluding hydrogens is 462 g/mol. The summed E-state index contributed by atoms with van der Waals surface area (Å²) in [4.78, 5) is 0.331. The lowest BCUT2D eigenvalue weighted by Crippen LogP contribution is -2.35. The predicted molar refractivity (Wildman–Crippen MR) is 87.3 cm³/mol. The first-order valence-electron chi connectivity index (χ1n) is 5.91. The Balaban J connectivity index is 2.46. The largest absolute Gasteiger partial charge is 0.244 e. The van der Waals surface area contributed by atoms with Gasteiger partial charge in [-0.2, -0.15) is 4.31 Å². The Morgan fingerprint density at radius 3 is 2.42 bits per heavy atom. The van der Waals surface area contributed by atoms with Crippen molar-refractivity contribution in [3.63, 3.8) is 0 Å². The normalized spacial score (nSPS) is 16.1. The Kier molecular flexibility index (Phi) is 5.15. The molecule has 0 spiro atoms. The van der Waals surface area contributed by atoms with Gasteiger partial charge in [0.15, 0.2) is 0 Å². The maximum atomic E-state index is 12.7. The van der Waals surface area contributed by atoms with Crippen molar-refractivity contribution in [1.29, 1.82) is 0 Å². The summed E-state index contributed by atoms with van der Waals surface area (Å²) in [6.45, 7) is 2.44. The average molecular weight is 476 g/mol. The minimum absolute atomic E-state index is 0.162. The number of alkyl halides is 1. The molecule has 1 fully saturated rings. The lowest BCUT2D eigenvalue weighted by atomic mass is 10.2. The third kappa shape index (κ3) is 3.43. The highest BCUT2D eigenvalue weighted by molar-refractivity contribution is 9.11. The molecule has 2 rings (SSSR count). The Morgan fingerprint density at radius 2 is 1.89 bits per heavy atom. The summed E-state index contributed by atoms with van der Waals surface area (Å²) >= 11 is 10.1. The number of halogens is 3. The van der Waals surface area contributed by atoms with Crippen LogP contribution in [0.4, 0.5) is 0 Å². The van der Waals surface area contributed by atoms with Crippen LogP contribution in [0.2, 0.25) is 0 Å². The van der Waals surface area contributed by atoms with E-state index in [1.165, 1.54) is 0 Å². The molecule has 0 bridgehead atoms. The van der Waals surface area contributed by atoms with Gasteiger partial charge in [-0.25, -0.2) is 8.42 Å². The highest BCUT2D eigenvalue weighted by atomic mass is 79.9. The van der Waals surface area contributed by atoms with Gasteiger partial charge in [0.25, 0.3) is 0 Å². The van der Waals surface area contributed by atoms with Crippen LogP contribution in [-0.4, -0.2) is 30.6 Å². The zero-order valence-corrected chi connectivity index (χ0v) is 15.9. The highest BCUT2D eigenvalue weighted by Gasteiger charge is 2.38. The smallest absolute Gasteiger partial charge is 0.207 e. The zero-order chi connectivity index (χ0) is 14.2. The monoisotopic (exact) mass is 473 g/mol. The molecule has 0 aliphatic heterocycles. The van der Waals surface area contributed by atoms with Crippen molar-refractivity contribution >= 4 is 57.8 Å². The second-order valence-electron chi connectivity index (χ2n) is 4.57. The van der Waals surface area contributed by atoms with E-state index < -0.39 is 10.0 Å². The number of sulfonamides is 1. The van der Waals surface area contributed by atoms with Gasteiger partial charge in [0.1, 0.15) is 0 Å². The molecule has 0 aromatic heterocycles. The van der Waals surface area contributed by atoms with Crippen LogP contribution in [0, 0.1) is 6.92 Å². The molecule has 0 N–H and O–H groups in total. The Hall–Kier alpha value is 0.570. The summed E-state index contributed by atoms with van der Waals surface area (Å²) in [7, 11) is -3.44. The van der Waals surface area contributed by atoms with E-state index in [1.54, 1.807) is 10.4 Å². The van der Waals surface area contributed by atoms with Crippen LogP contribution < -0.4 is 0 Å². The molecule has 0 heterocycles. The number of aryl methyl sites for hydroxylation is 1. The van der Waals surface area contributed by atoms with Crippen molar-refractivity contribution in [2.24, 2.45) is 0 Å². The standard InChI is InChI=1S/C12H14Br3NO2S/c1-8-6-11(15)12(7-10(8)14)19(17,18)16(5-4-13)9-2-3-9/h6-7,9H,2-5H2,1H3. The van der Waals surface area contributed by atoms with Gasteiger partial charge in [0.2, 0.25) is 10.0 Å². The van der Waals surface area contributed by atoms with Crippen LogP contribution in [0.25, 0.3) is 0 Å². The van der Waals surface area contributed by atoms with Gasteiger partial charge in [0, 0.05) is 26.9 Å². The first kappa shape index (κ1) is 15.9. The highest BCUT2D eigenvalue weighted by Crippen LogP contribution is 2.36. The van der Waals surface area contributed by atoms with E-state index in [4.69, 9.17) is 0 Å². The van der Waals surface area contributed by atoms with Gasteiger partial charge in [-0.3, -0.25) is 0 Å². The minimum Gasteiger partial charge on any atom is -0.207 e. The summed E-state index contributed by atoms with van der Waals surface area (Å²) in [5.41, 5.74) is 1.00. The van der Waals surface area contributed by atoms with Crippen molar-refractivity contribution in [2.45, 2.75) is 30.7 Å². The predicted octanol–water partition coefficient (Wildman–Crippen LogP) is 4.07. The van der Waals surface area contributed by atoms with Crippen molar-refractivity contribution in [3.05, 3.63) is 26.6 Å². The van der Waals surface area contributed by atoms with E-state index in [0.29, 0.717) is 21.2 Å². The molecule has 0 radical (unpaired) electrons. The van der Waals surface area contributed by atoms with Crippen LogP contribution in [-0.2, 0) is 10.0 Å². The number of benzene rings is 1. The first-order chi connectivity index (χ1) is 8.87. The van der Waals surface area contributed by atoms with E-state index in [-0.39, 0.29) is 6.04 Å². The third-order valence-electron chi connectivity index (χ3n) is 3.06. The maximum Gasteiger partial charge on any atom is 0.244 e. The van der Waals surface area contributed by atoms with Crippen LogP contribution >= 0.6 is 47.8 Å². The molecule has 19 heavy (non-hydrogen) atoms. The first-order valence-corrected chi connectivity index (χ1v) is 10.1. The van der Waals surface area contributed by atoms with E-state index in [2.05, 4.69) is 47.8 Å². The van der Waals surface area contributed by atoms with Gasteiger partial charge in [-0.05, 0) is 53.4 Å². The van der Waals surface area contributed by atoms with Crippen molar-refractivity contribution in [3.8, 4) is 0 Å². The molecule has 0 saturated heterocycles. The Labute approximate surface area is 139 Å². The number of hydrogen-bond acceptors (Lipinski definition) is 2. The molecule has 7 heteroatoms. The molecular formula is C12H14Br3NO2S. The van der Waals surface area contributed by atoms with Crippen LogP contribution in [0.3, 0.4) is 0 Å². The van der Waals surface area contributed by atoms with Gasteiger partial charge in [0.05, 0.1) is 4.90 Å². The van der Waals surface area contributed by atoms with Crippen molar-refractivity contribution in [1.82, 2.24) is 4.31 Å². The number of hydrogen-bond donors (Lipinski definition) is 0. The summed E-state index contributed by atoms with van der Waals surface area (Å²) in [6, 6.07) is 3.67. The van der Waals surface area contributed by atoms with E-state index in [0.717, 1.165) is 22.9 Å². The number of rotatable bonds is 5. The lowest BCUT2D eigenvalue weighted by Gasteiger charge is -2.22. The van der Waals surface area contributed by atoms with E-state index in [9.17, 15) is 8.42 Å². The van der Waals surface area contributed by atoms with Crippen molar-refractivity contribution in [2.75, 3.05) is 11.9 Å². The van der Waals surface area contributed by atoms with E-state index >= 15 is 0 Å². The van der Waals surface area contributed by atoms with Crippen LogP contribution in [0.1, 0.15) is 18.4 Å². The topological polar surface area (TPSA) is 37.4 Å². The van der Waals surface area contributed by atoms with Crippen LogP contribution in [0.5, 0.6) is 0 Å². The van der Waals surface area contributed by atoms with Crippen LogP contribution in [0.15, 0.2) is 26.0 Å². The molecule has 1 aromatic rings. The molecule has 1 aliphatic carbocycles. The van der Waals surface area contributed by atoms with E-state index in [1.807, 2.05) is 13.0 Å². The molecule has 1 aromatic carbocycles. The Morgan fingerprint density at radius 1 is 1.26 bits per heavy atom. The summed E-state index contributed by atoms with van der Waals surface area (Å²) in [5, 5.41) is 0.646. The van der Waals surface area contributed by atoms with Crippen molar-refractivity contribution < 1.29 is 8.42 Å². The second kappa shape index (κ2) is 6.13. The second-order valence-corrected chi connectivity index (χ2v) is 8.93. The van der Waals surface area contributed by atoms with Gasteiger partial charge in [-0.1, -0.05) is 31.9 Å². The molecule has 0 unspecified atom stereocenters. The molecule has 106 valence electrons. The summed E-state index contributed by atoms with van der Waals surface area (Å²) in [6.07, 6.45) is 1.91. The Bertz CT molecular complexity index is 585. The molecule has 1 aliphatic rings. The van der Waals surface area contributed by atoms with Gasteiger partial charge in [-0.15, -0.1) is 0 Å². The quantitative estimate of drug-likeness (QED) is 0.602.